The summed E-state index contributed by atoms with van der Waals surface area (Å²) in [7, 11) is 0. The highest BCUT2D eigenvalue weighted by atomic mass is 16.6. The zero-order chi connectivity index (χ0) is 14.0. The number of ether oxygens (including phenoxy) is 1. The predicted molar refractivity (Wildman–Crippen MR) is 72.2 cm³/mol. The summed E-state index contributed by atoms with van der Waals surface area (Å²) in [5.74, 6) is -0.730. The maximum atomic E-state index is 12.2. The minimum atomic E-state index is -0.743. The van der Waals surface area contributed by atoms with E-state index in [9.17, 15) is 9.90 Å². The summed E-state index contributed by atoms with van der Waals surface area (Å²) in [5.41, 5.74) is 0.397. The molecule has 1 saturated carbocycles. The largest absolute Gasteiger partial charge is 0.588 e. The van der Waals surface area contributed by atoms with Crippen LogP contribution < -0.4 is 10.4 Å². The fraction of sp³-hybridized carbons (Fsp3) is 0.438. The number of carbonyl (C=O) groups is 1. The molecule has 0 saturated heterocycles. The maximum Gasteiger partial charge on any atom is 0.250 e. The van der Waals surface area contributed by atoms with E-state index in [4.69, 9.17) is 4.74 Å². The minimum absolute atomic E-state index is 0.201. The van der Waals surface area contributed by atoms with Gasteiger partial charge >= 0.3 is 0 Å². The lowest BCUT2D eigenvalue weighted by Crippen LogP contribution is -2.56. The van der Waals surface area contributed by atoms with Crippen molar-refractivity contribution in [3.8, 4) is 0 Å². The van der Waals surface area contributed by atoms with E-state index in [1.165, 1.54) is 0 Å². The Morgan fingerprint density at radius 1 is 1.15 bits per heavy atom. The van der Waals surface area contributed by atoms with Gasteiger partial charge in [-0.25, -0.2) is 0 Å². The molecule has 1 aliphatic heterocycles. The Balaban J connectivity index is 1.81. The number of hydrogen-bond donors (Lipinski definition) is 1. The van der Waals surface area contributed by atoms with Crippen molar-refractivity contribution in [1.82, 2.24) is 5.32 Å². The number of carbonyl (C=O) groups excluding carboxylic acids is 1. The third-order valence-electron chi connectivity index (χ3n) is 4.03. The van der Waals surface area contributed by atoms with Crippen LogP contribution in [0.4, 0.5) is 0 Å². The molecule has 1 aromatic rings. The standard InChI is InChI=1S/C16H19NO3/c18-14-13(11-12-7-3-1-4-8-12)15(19)20-16(17-14)9-5-2-6-10-16/h1,3-4,7-8,19H,2,5-6,9-11H2,(H,17,18)/p-1. The van der Waals surface area contributed by atoms with E-state index in [0.29, 0.717) is 6.42 Å². The lowest BCUT2D eigenvalue weighted by atomic mass is 9.90. The molecule has 106 valence electrons. The van der Waals surface area contributed by atoms with Crippen molar-refractivity contribution in [1.29, 1.82) is 0 Å². The highest BCUT2D eigenvalue weighted by molar-refractivity contribution is 5.95. The van der Waals surface area contributed by atoms with Crippen LogP contribution in [0.1, 0.15) is 37.7 Å². The summed E-state index contributed by atoms with van der Waals surface area (Å²) in [6.07, 6.45) is 4.88. The fourth-order valence-corrected chi connectivity index (χ4v) is 2.94. The molecule has 0 radical (unpaired) electrons. The molecule has 0 unspecified atom stereocenters. The number of hydrogen-bond acceptors (Lipinski definition) is 3. The molecule has 4 heteroatoms. The highest BCUT2D eigenvalue weighted by Gasteiger charge is 2.35. The average molecular weight is 272 g/mol. The average Bonchev–Trinajstić information content (AvgIpc) is 2.45. The first-order valence-electron chi connectivity index (χ1n) is 7.14. The van der Waals surface area contributed by atoms with Crippen molar-refractivity contribution in [2.45, 2.75) is 44.2 Å². The second kappa shape index (κ2) is 5.19. The normalized spacial score (nSPS) is 21.5. The van der Waals surface area contributed by atoms with Gasteiger partial charge < -0.3 is 15.2 Å². The van der Waals surface area contributed by atoms with Gasteiger partial charge in [0.1, 0.15) is 0 Å². The molecule has 4 nitrogen and oxygen atoms in total. The van der Waals surface area contributed by atoms with Crippen LogP contribution in [0.5, 0.6) is 0 Å². The number of benzene rings is 1. The van der Waals surface area contributed by atoms with Gasteiger partial charge in [-0.2, -0.15) is 0 Å². The van der Waals surface area contributed by atoms with Crippen LogP contribution in [0.15, 0.2) is 41.9 Å². The molecule has 0 atom stereocenters. The smallest absolute Gasteiger partial charge is 0.250 e. The second-order valence-corrected chi connectivity index (χ2v) is 5.54. The Labute approximate surface area is 118 Å². The van der Waals surface area contributed by atoms with Gasteiger partial charge in [0.05, 0.1) is 11.7 Å². The van der Waals surface area contributed by atoms with E-state index in [1.807, 2.05) is 30.3 Å². The van der Waals surface area contributed by atoms with E-state index < -0.39 is 11.7 Å². The van der Waals surface area contributed by atoms with E-state index in [1.54, 1.807) is 0 Å². The molecule has 1 N–H and O–H groups in total. The van der Waals surface area contributed by atoms with E-state index in [0.717, 1.165) is 37.7 Å². The van der Waals surface area contributed by atoms with Gasteiger partial charge in [-0.15, -0.1) is 0 Å². The van der Waals surface area contributed by atoms with Gasteiger partial charge in [0.15, 0.2) is 0 Å². The summed E-state index contributed by atoms with van der Waals surface area (Å²) in [6, 6.07) is 9.50. The first-order valence-corrected chi connectivity index (χ1v) is 7.14. The maximum absolute atomic E-state index is 12.2. The van der Waals surface area contributed by atoms with Crippen molar-refractivity contribution in [2.75, 3.05) is 0 Å². The molecule has 2 aliphatic rings. The summed E-state index contributed by atoms with van der Waals surface area (Å²) in [4.78, 5) is 12.2. The monoisotopic (exact) mass is 272 g/mol. The van der Waals surface area contributed by atoms with Gasteiger partial charge in [-0.3, -0.25) is 4.79 Å². The number of amides is 1. The van der Waals surface area contributed by atoms with Crippen molar-refractivity contribution in [2.24, 2.45) is 0 Å². The predicted octanol–water partition coefficient (Wildman–Crippen LogP) is 1.61. The molecule has 1 amide bonds. The van der Waals surface area contributed by atoms with Crippen molar-refractivity contribution in [3.63, 3.8) is 0 Å². The quantitative estimate of drug-likeness (QED) is 0.889. The SMILES string of the molecule is O=C1NC2(CCCCC2)OC([O-])=C1Cc1ccccc1. The van der Waals surface area contributed by atoms with E-state index in [-0.39, 0.29) is 11.5 Å². The second-order valence-electron chi connectivity index (χ2n) is 5.54. The molecule has 20 heavy (non-hydrogen) atoms. The molecule has 0 bridgehead atoms. The fourth-order valence-electron chi connectivity index (χ4n) is 2.94. The summed E-state index contributed by atoms with van der Waals surface area (Å²) >= 11 is 0. The van der Waals surface area contributed by atoms with E-state index >= 15 is 0 Å². The van der Waals surface area contributed by atoms with Crippen LogP contribution in [0, 0.1) is 0 Å². The van der Waals surface area contributed by atoms with Gasteiger partial charge in [0.2, 0.25) is 5.91 Å². The molecule has 1 heterocycles. The van der Waals surface area contributed by atoms with Crippen LogP contribution >= 0.6 is 0 Å². The first-order chi connectivity index (χ1) is 9.69. The van der Waals surface area contributed by atoms with Crippen LogP contribution in [0.2, 0.25) is 0 Å². The van der Waals surface area contributed by atoms with Crippen molar-refractivity contribution < 1.29 is 14.6 Å². The molecular weight excluding hydrogens is 254 g/mol. The van der Waals surface area contributed by atoms with Gasteiger partial charge in [0, 0.05) is 12.0 Å². The third-order valence-corrected chi connectivity index (χ3v) is 4.03. The zero-order valence-electron chi connectivity index (χ0n) is 11.4. The van der Waals surface area contributed by atoms with Crippen LogP contribution in [0.25, 0.3) is 0 Å². The molecule has 1 aromatic carbocycles. The van der Waals surface area contributed by atoms with Gasteiger partial charge in [-0.05, 0) is 18.4 Å². The van der Waals surface area contributed by atoms with Crippen LogP contribution in [0.3, 0.4) is 0 Å². The van der Waals surface area contributed by atoms with Crippen LogP contribution in [-0.4, -0.2) is 11.6 Å². The van der Waals surface area contributed by atoms with Crippen molar-refractivity contribution in [3.05, 3.63) is 47.4 Å². The molecular formula is C16H18NO3-. The van der Waals surface area contributed by atoms with Gasteiger partial charge in [-0.1, -0.05) is 49.6 Å². The Morgan fingerprint density at radius 3 is 2.50 bits per heavy atom. The Kier molecular flexibility index (Phi) is 3.38. The topological polar surface area (TPSA) is 61.4 Å². The molecule has 1 fully saturated rings. The molecule has 0 aromatic heterocycles. The van der Waals surface area contributed by atoms with Crippen molar-refractivity contribution >= 4 is 5.91 Å². The van der Waals surface area contributed by atoms with Gasteiger partial charge in [0.25, 0.3) is 0 Å². The Bertz CT molecular complexity index is 530. The summed E-state index contributed by atoms with van der Waals surface area (Å²) in [6.45, 7) is 0. The molecule has 1 spiro atoms. The molecule has 1 aliphatic carbocycles. The number of rotatable bonds is 2. The summed E-state index contributed by atoms with van der Waals surface area (Å²) in [5, 5.41) is 15.1. The highest BCUT2D eigenvalue weighted by Crippen LogP contribution is 2.34. The third kappa shape index (κ3) is 2.50. The zero-order valence-corrected chi connectivity index (χ0v) is 11.4. The Hall–Kier alpha value is -1.97. The lowest BCUT2D eigenvalue weighted by Gasteiger charge is -2.48. The van der Waals surface area contributed by atoms with E-state index in [2.05, 4.69) is 5.32 Å². The lowest BCUT2D eigenvalue weighted by molar-refractivity contribution is -0.379. The number of nitrogens with one attached hydrogen (secondary N) is 1. The minimum Gasteiger partial charge on any atom is -0.588 e. The Morgan fingerprint density at radius 2 is 1.85 bits per heavy atom. The molecule has 3 rings (SSSR count). The summed E-state index contributed by atoms with van der Waals surface area (Å²) < 4.78 is 5.56. The first kappa shape index (κ1) is 13.0. The van der Waals surface area contributed by atoms with Crippen LogP contribution in [-0.2, 0) is 16.0 Å².